The van der Waals surface area contributed by atoms with E-state index in [-0.39, 0.29) is 54.4 Å². The van der Waals surface area contributed by atoms with Crippen LogP contribution in [0, 0.1) is 11.8 Å². The van der Waals surface area contributed by atoms with Gasteiger partial charge in [0, 0.05) is 44.5 Å². The maximum atomic E-state index is 13.0. The van der Waals surface area contributed by atoms with Gasteiger partial charge in [-0.2, -0.15) is 0 Å². The van der Waals surface area contributed by atoms with Gasteiger partial charge in [-0.1, -0.05) is 46.2 Å². The minimum Gasteiger partial charge on any atom is -0.476 e. The highest BCUT2D eigenvalue weighted by Crippen LogP contribution is 2.31. The molecule has 0 bridgehead atoms. The fourth-order valence-corrected chi connectivity index (χ4v) is 5.39. The molecule has 1 aliphatic rings. The number of ether oxygens (including phenoxy) is 1. The number of carbonyl (C=O) groups is 4. The van der Waals surface area contributed by atoms with Crippen LogP contribution in [0.1, 0.15) is 95.7 Å². The van der Waals surface area contributed by atoms with Gasteiger partial charge < -0.3 is 14.7 Å². The monoisotopic (exact) mass is 543 g/mol. The minimum atomic E-state index is -1.11. The molecule has 9 nitrogen and oxygen atoms in total. The molecule has 1 aliphatic heterocycles. The molecule has 2 heterocycles. The predicted molar refractivity (Wildman–Crippen MR) is 144 cm³/mol. The topological polar surface area (TPSA) is 117 Å². The number of carboxylic acid groups (broad SMARTS) is 1. The number of nitrogens with zero attached hydrogens (tertiary/aromatic N) is 3. The van der Waals surface area contributed by atoms with Crippen molar-refractivity contribution < 1.29 is 29.0 Å². The van der Waals surface area contributed by atoms with Crippen molar-refractivity contribution in [2.24, 2.45) is 11.8 Å². The predicted octanol–water partition coefficient (Wildman–Crippen LogP) is 4.89. The van der Waals surface area contributed by atoms with Crippen molar-refractivity contribution in [3.63, 3.8) is 0 Å². The first kappa shape index (κ1) is 29.4. The van der Waals surface area contributed by atoms with Crippen molar-refractivity contribution in [1.82, 2.24) is 14.8 Å². The molecule has 0 fully saturated rings. The number of benzene rings is 1. The summed E-state index contributed by atoms with van der Waals surface area (Å²) in [4.78, 5) is 57.0. The van der Waals surface area contributed by atoms with E-state index in [4.69, 9.17) is 4.74 Å². The summed E-state index contributed by atoms with van der Waals surface area (Å²) < 4.78 is 6.21. The zero-order valence-electron chi connectivity index (χ0n) is 22.7. The Morgan fingerprint density at radius 1 is 1.13 bits per heavy atom. The van der Waals surface area contributed by atoms with Gasteiger partial charge in [-0.15, -0.1) is 11.3 Å². The number of amides is 3. The molecule has 1 aromatic heterocycles. The Morgan fingerprint density at radius 3 is 2.29 bits per heavy atom. The third-order valence-corrected chi connectivity index (χ3v) is 8.01. The van der Waals surface area contributed by atoms with Crippen molar-refractivity contribution in [1.29, 1.82) is 0 Å². The number of carbonyl (C=O) groups excluding carboxylic acids is 3. The van der Waals surface area contributed by atoms with Crippen LogP contribution in [0.15, 0.2) is 29.6 Å². The number of aromatic nitrogens is 1. The highest BCUT2D eigenvalue weighted by atomic mass is 32.1. The first-order valence-electron chi connectivity index (χ1n) is 13.1. The highest BCUT2D eigenvalue weighted by Gasteiger charge is 2.35. The molecule has 206 valence electrons. The third kappa shape index (κ3) is 6.85. The quantitative estimate of drug-likeness (QED) is 0.266. The summed E-state index contributed by atoms with van der Waals surface area (Å²) in [5, 5.41) is 11.4. The number of hydrogen-bond acceptors (Lipinski definition) is 7. The molecule has 2 aromatic rings. The van der Waals surface area contributed by atoms with Gasteiger partial charge in [0.2, 0.25) is 5.91 Å². The van der Waals surface area contributed by atoms with Gasteiger partial charge in [-0.3, -0.25) is 19.3 Å². The first-order valence-corrected chi connectivity index (χ1v) is 13.9. The van der Waals surface area contributed by atoms with Crippen molar-refractivity contribution in [3.05, 3.63) is 51.5 Å². The Hall–Kier alpha value is -3.11. The summed E-state index contributed by atoms with van der Waals surface area (Å²) in [7, 11) is 1.80. The molecule has 0 aliphatic carbocycles. The second kappa shape index (κ2) is 13.1. The molecule has 0 saturated heterocycles. The second-order valence-electron chi connectivity index (χ2n) is 10.2. The van der Waals surface area contributed by atoms with Crippen LogP contribution in [-0.4, -0.2) is 69.8 Å². The normalized spacial score (nSPS) is 15.5. The molecule has 38 heavy (non-hydrogen) atoms. The van der Waals surface area contributed by atoms with Crippen LogP contribution in [0.3, 0.4) is 0 Å². The van der Waals surface area contributed by atoms with E-state index in [1.54, 1.807) is 36.2 Å². The summed E-state index contributed by atoms with van der Waals surface area (Å²) >= 11 is 1.21. The lowest BCUT2D eigenvalue weighted by molar-refractivity contribution is -0.134. The van der Waals surface area contributed by atoms with Crippen molar-refractivity contribution in [3.8, 4) is 0 Å². The Kier molecular flexibility index (Phi) is 10.2. The van der Waals surface area contributed by atoms with E-state index in [0.717, 1.165) is 6.42 Å². The van der Waals surface area contributed by atoms with Crippen molar-refractivity contribution >= 4 is 35.0 Å². The van der Waals surface area contributed by atoms with Crippen molar-refractivity contribution in [2.75, 3.05) is 20.2 Å². The van der Waals surface area contributed by atoms with Gasteiger partial charge in [-0.25, -0.2) is 9.78 Å². The second-order valence-corrected chi connectivity index (χ2v) is 11.1. The highest BCUT2D eigenvalue weighted by molar-refractivity contribution is 7.09. The zero-order valence-corrected chi connectivity index (χ0v) is 23.5. The fraction of sp³-hybridized carbons (Fsp3) is 0.536. The molecule has 3 rings (SSSR count). The maximum absolute atomic E-state index is 13.0. The lowest BCUT2D eigenvalue weighted by atomic mass is 9.95. The largest absolute Gasteiger partial charge is 0.476 e. The van der Waals surface area contributed by atoms with Gasteiger partial charge in [0.15, 0.2) is 5.69 Å². The van der Waals surface area contributed by atoms with E-state index in [9.17, 15) is 24.3 Å². The summed E-state index contributed by atoms with van der Waals surface area (Å²) in [5.74, 6) is -1.26. The van der Waals surface area contributed by atoms with Crippen LogP contribution in [-0.2, 0) is 9.53 Å². The molecule has 0 radical (unpaired) electrons. The number of rotatable bonds is 14. The van der Waals surface area contributed by atoms with Crippen LogP contribution >= 0.6 is 11.3 Å². The average Bonchev–Trinajstić information content (AvgIpc) is 3.47. The first-order chi connectivity index (χ1) is 18.0. The number of fused-ring (bicyclic) bond motifs is 1. The third-order valence-electron chi connectivity index (χ3n) is 7.08. The van der Waals surface area contributed by atoms with Crippen molar-refractivity contribution in [2.45, 2.75) is 65.5 Å². The maximum Gasteiger partial charge on any atom is 0.355 e. The van der Waals surface area contributed by atoms with E-state index >= 15 is 0 Å². The van der Waals surface area contributed by atoms with Crippen LogP contribution < -0.4 is 0 Å². The Labute approximate surface area is 227 Å². The smallest absolute Gasteiger partial charge is 0.355 e. The van der Waals surface area contributed by atoms with E-state index in [1.807, 2.05) is 13.8 Å². The van der Waals surface area contributed by atoms with Gasteiger partial charge in [0.1, 0.15) is 11.1 Å². The Bertz CT molecular complexity index is 1130. The fourth-order valence-electron chi connectivity index (χ4n) is 4.53. The summed E-state index contributed by atoms with van der Waals surface area (Å²) in [6.07, 6.45) is 1.69. The summed E-state index contributed by atoms with van der Waals surface area (Å²) in [5.41, 5.74) is 0.766. The Balaban J connectivity index is 1.69. The molecular weight excluding hydrogens is 506 g/mol. The number of hydrogen-bond donors (Lipinski definition) is 1. The molecular formula is C28H37N3O6S. The Morgan fingerprint density at radius 2 is 1.76 bits per heavy atom. The molecule has 10 heteroatoms. The standard InChI is InChI=1S/C28H37N3O6S/c1-6-18(4)14-24(32)30(5)22(17(2)3)15-23(25-29-21(16-38-25)28(35)36)37-13-9-12-31-26(33)19-10-7-8-11-20(19)27(31)34/h7-8,10-11,16-18,22-23H,6,9,12-15H2,1-5H3,(H,35,36)/t18-,22+,23+/m0/s1. The van der Waals surface area contributed by atoms with Gasteiger partial charge in [0.25, 0.3) is 11.8 Å². The zero-order chi connectivity index (χ0) is 28.0. The minimum absolute atomic E-state index is 0.0491. The average molecular weight is 544 g/mol. The molecule has 0 spiro atoms. The number of carboxylic acids is 1. The van der Waals surface area contributed by atoms with Gasteiger partial charge in [0.05, 0.1) is 11.1 Å². The number of thiazole rings is 1. The SMILES string of the molecule is CC[C@H](C)CC(=O)N(C)[C@H](C[C@@H](OCCCN1C(=O)c2ccccc2C1=O)c1nc(C(=O)O)cs1)C(C)C. The van der Waals surface area contributed by atoms with Gasteiger partial charge in [-0.05, 0) is 30.4 Å². The van der Waals surface area contributed by atoms with E-state index in [0.29, 0.717) is 35.4 Å². The van der Waals surface area contributed by atoms with E-state index in [1.165, 1.54) is 21.6 Å². The molecule has 0 saturated carbocycles. The van der Waals surface area contributed by atoms with Gasteiger partial charge >= 0.3 is 5.97 Å². The van der Waals surface area contributed by atoms with Crippen LogP contribution in [0.2, 0.25) is 0 Å². The number of aromatic carboxylic acids is 1. The van der Waals surface area contributed by atoms with Crippen LogP contribution in [0.25, 0.3) is 0 Å². The summed E-state index contributed by atoms with van der Waals surface area (Å²) in [6, 6.07) is 6.61. The van der Waals surface area contributed by atoms with Crippen LogP contribution in [0.5, 0.6) is 0 Å². The molecule has 3 atom stereocenters. The number of imide groups is 1. The van der Waals surface area contributed by atoms with E-state index in [2.05, 4.69) is 18.8 Å². The summed E-state index contributed by atoms with van der Waals surface area (Å²) in [6.45, 7) is 8.64. The molecule has 3 amide bonds. The van der Waals surface area contributed by atoms with Crippen LogP contribution in [0.4, 0.5) is 0 Å². The molecule has 1 N–H and O–H groups in total. The van der Waals surface area contributed by atoms with E-state index < -0.39 is 12.1 Å². The lowest BCUT2D eigenvalue weighted by Gasteiger charge is -2.34. The molecule has 0 unspecified atom stereocenters. The molecule has 1 aromatic carbocycles. The lowest BCUT2D eigenvalue weighted by Crippen LogP contribution is -2.42.